The summed E-state index contributed by atoms with van der Waals surface area (Å²) in [5.74, 6) is -2.91. The molecule has 0 saturated carbocycles. The minimum Gasteiger partial charge on any atom is -0.463 e. The third-order valence-electron chi connectivity index (χ3n) is 6.29. The Balaban J connectivity index is 1.66. The van der Waals surface area contributed by atoms with Gasteiger partial charge in [-0.25, -0.2) is 4.79 Å². The summed E-state index contributed by atoms with van der Waals surface area (Å²) in [4.78, 5) is 51.1. The summed E-state index contributed by atoms with van der Waals surface area (Å²) in [6.45, 7) is -0.620. The van der Waals surface area contributed by atoms with E-state index in [1.165, 1.54) is 0 Å². The largest absolute Gasteiger partial charge is 0.463 e. The molecule has 0 aromatic heterocycles. The summed E-state index contributed by atoms with van der Waals surface area (Å²) in [5, 5.41) is 15.2. The van der Waals surface area contributed by atoms with Crippen LogP contribution in [0, 0.1) is 5.92 Å². The maximum absolute atomic E-state index is 13.2. The molecule has 2 aromatic rings. The highest BCUT2D eigenvalue weighted by atomic mass is 16.6. The zero-order chi connectivity index (χ0) is 27.9. The van der Waals surface area contributed by atoms with Gasteiger partial charge in [0.05, 0.1) is 18.6 Å². The molecule has 2 aromatic carbocycles. The van der Waals surface area contributed by atoms with Crippen LogP contribution in [0.3, 0.4) is 0 Å². The Morgan fingerprint density at radius 2 is 1.72 bits per heavy atom. The number of amides is 2. The molecule has 208 valence electrons. The molecule has 39 heavy (non-hydrogen) atoms. The molecule has 1 heterocycles. The molecule has 3 N–H and O–H groups in total. The third-order valence-corrected chi connectivity index (χ3v) is 6.29. The molecular formula is C30H36N2O7. The zero-order valence-electron chi connectivity index (χ0n) is 21.9. The highest BCUT2D eigenvalue weighted by Gasteiger charge is 2.29. The van der Waals surface area contributed by atoms with Crippen molar-refractivity contribution in [3.8, 4) is 0 Å². The van der Waals surface area contributed by atoms with Gasteiger partial charge in [-0.3, -0.25) is 14.4 Å². The van der Waals surface area contributed by atoms with E-state index in [1.807, 2.05) is 54.6 Å². The Hall–Kier alpha value is -3.98. The summed E-state index contributed by atoms with van der Waals surface area (Å²) >= 11 is 0. The van der Waals surface area contributed by atoms with Gasteiger partial charge in [-0.1, -0.05) is 72.8 Å². The van der Waals surface area contributed by atoms with E-state index in [2.05, 4.69) is 10.6 Å². The van der Waals surface area contributed by atoms with Crippen LogP contribution in [0.1, 0.15) is 43.2 Å². The zero-order valence-corrected chi connectivity index (χ0v) is 21.9. The van der Waals surface area contributed by atoms with Gasteiger partial charge in [-0.05, 0) is 36.8 Å². The van der Waals surface area contributed by atoms with E-state index in [9.17, 15) is 24.3 Å². The molecule has 1 aliphatic heterocycles. The van der Waals surface area contributed by atoms with Crippen LogP contribution in [0.25, 0.3) is 0 Å². The number of rotatable bonds is 9. The SMILES string of the molecule is O=C(C[C@H]1CC=CCCCC(=O)OC[C@H](C(=O)OCc2ccccc2)NC1=O)N[C@H](CO)Cc1ccccc1. The van der Waals surface area contributed by atoms with Crippen molar-refractivity contribution in [2.24, 2.45) is 5.92 Å². The van der Waals surface area contributed by atoms with Crippen LogP contribution in [0.4, 0.5) is 0 Å². The minimum absolute atomic E-state index is 0.00146. The number of aliphatic hydroxyl groups excluding tert-OH is 1. The van der Waals surface area contributed by atoms with Gasteiger partial charge in [-0.15, -0.1) is 0 Å². The Morgan fingerprint density at radius 3 is 2.41 bits per heavy atom. The quantitative estimate of drug-likeness (QED) is 0.332. The van der Waals surface area contributed by atoms with E-state index in [1.54, 1.807) is 18.2 Å². The summed E-state index contributed by atoms with van der Waals surface area (Å²) in [6, 6.07) is 16.8. The van der Waals surface area contributed by atoms with Crippen molar-refractivity contribution < 1.29 is 33.8 Å². The fraction of sp³-hybridized carbons (Fsp3) is 0.400. The van der Waals surface area contributed by atoms with Gasteiger partial charge in [0, 0.05) is 12.8 Å². The van der Waals surface area contributed by atoms with E-state index in [0.29, 0.717) is 19.3 Å². The fourth-order valence-corrected chi connectivity index (χ4v) is 4.13. The number of ether oxygens (including phenoxy) is 2. The second kappa shape index (κ2) is 16.1. The van der Waals surface area contributed by atoms with Crippen molar-refractivity contribution in [2.45, 2.75) is 57.2 Å². The van der Waals surface area contributed by atoms with Gasteiger partial charge in [0.15, 0.2) is 6.04 Å². The number of aliphatic hydroxyl groups is 1. The molecular weight excluding hydrogens is 500 g/mol. The van der Waals surface area contributed by atoms with Crippen molar-refractivity contribution in [1.82, 2.24) is 10.6 Å². The van der Waals surface area contributed by atoms with Crippen molar-refractivity contribution in [3.63, 3.8) is 0 Å². The van der Waals surface area contributed by atoms with Gasteiger partial charge in [0.1, 0.15) is 13.2 Å². The van der Waals surface area contributed by atoms with Crippen molar-refractivity contribution in [2.75, 3.05) is 13.2 Å². The van der Waals surface area contributed by atoms with Crippen LogP contribution < -0.4 is 10.6 Å². The molecule has 0 bridgehead atoms. The molecule has 3 atom stereocenters. The average molecular weight is 537 g/mol. The number of hydrogen-bond donors (Lipinski definition) is 3. The maximum Gasteiger partial charge on any atom is 0.332 e. The van der Waals surface area contributed by atoms with Crippen LogP contribution in [0.5, 0.6) is 0 Å². The van der Waals surface area contributed by atoms with Gasteiger partial charge in [0.25, 0.3) is 0 Å². The van der Waals surface area contributed by atoms with E-state index in [4.69, 9.17) is 9.47 Å². The first-order valence-electron chi connectivity index (χ1n) is 13.2. The highest BCUT2D eigenvalue weighted by molar-refractivity contribution is 5.89. The molecule has 2 amide bonds. The first-order chi connectivity index (χ1) is 18.9. The van der Waals surface area contributed by atoms with Crippen LogP contribution in [-0.2, 0) is 41.7 Å². The fourth-order valence-electron chi connectivity index (χ4n) is 4.13. The molecule has 0 fully saturated rings. The molecule has 0 saturated heterocycles. The van der Waals surface area contributed by atoms with Gasteiger partial charge in [-0.2, -0.15) is 0 Å². The smallest absolute Gasteiger partial charge is 0.332 e. The lowest BCUT2D eigenvalue weighted by Gasteiger charge is -2.22. The first kappa shape index (κ1) is 29.6. The van der Waals surface area contributed by atoms with Gasteiger partial charge in [0.2, 0.25) is 11.8 Å². The van der Waals surface area contributed by atoms with Crippen molar-refractivity contribution >= 4 is 23.8 Å². The molecule has 9 nitrogen and oxygen atoms in total. The first-order valence-corrected chi connectivity index (χ1v) is 13.2. The minimum atomic E-state index is -1.22. The summed E-state index contributed by atoms with van der Waals surface area (Å²) < 4.78 is 10.6. The number of nitrogens with one attached hydrogen (secondary N) is 2. The van der Waals surface area contributed by atoms with Gasteiger partial charge < -0.3 is 25.2 Å². The Bertz CT molecular complexity index is 1100. The molecule has 9 heteroatoms. The van der Waals surface area contributed by atoms with Gasteiger partial charge >= 0.3 is 11.9 Å². The number of hydrogen-bond acceptors (Lipinski definition) is 7. The maximum atomic E-state index is 13.2. The number of carbonyl (C=O) groups is 4. The van der Waals surface area contributed by atoms with Crippen molar-refractivity contribution in [1.29, 1.82) is 0 Å². The monoisotopic (exact) mass is 536 g/mol. The topological polar surface area (TPSA) is 131 Å². The highest BCUT2D eigenvalue weighted by Crippen LogP contribution is 2.14. The predicted octanol–water partition coefficient (Wildman–Crippen LogP) is 2.61. The molecule has 0 spiro atoms. The third kappa shape index (κ3) is 10.7. The Labute approximate surface area is 228 Å². The van der Waals surface area contributed by atoms with Crippen LogP contribution in [0.2, 0.25) is 0 Å². The van der Waals surface area contributed by atoms with E-state index in [-0.39, 0.29) is 39.1 Å². The standard InChI is InChI=1S/C30H36N2O7/c33-19-25(17-22-11-5-3-6-12-22)31-27(34)18-24-15-9-1-2-10-16-28(35)38-21-26(32-29(24)36)30(37)39-20-23-13-7-4-8-14-23/h1,3-9,11-14,24-26,33H,2,10,15-21H2,(H,31,34)(H,32,36)/t24-,25+,26-/m1/s1. The van der Waals surface area contributed by atoms with Crippen LogP contribution >= 0.6 is 0 Å². The number of cyclic esters (lactones) is 1. The normalized spacial score (nSPS) is 19.3. The molecule has 0 radical (unpaired) electrons. The lowest BCUT2D eigenvalue weighted by molar-refractivity contribution is -0.155. The van der Waals surface area contributed by atoms with Crippen LogP contribution in [-0.4, -0.2) is 54.2 Å². The number of allylic oxidation sites excluding steroid dienone is 2. The Morgan fingerprint density at radius 1 is 1.03 bits per heavy atom. The summed E-state index contributed by atoms with van der Waals surface area (Å²) in [6.07, 6.45) is 5.58. The molecule has 0 aliphatic carbocycles. The number of esters is 2. The number of carbonyl (C=O) groups excluding carboxylic acids is 4. The average Bonchev–Trinajstić information content (AvgIpc) is 2.96. The lowest BCUT2D eigenvalue weighted by Crippen LogP contribution is -2.48. The summed E-state index contributed by atoms with van der Waals surface area (Å²) in [5.41, 5.74) is 1.73. The number of benzene rings is 2. The second-order valence-electron chi connectivity index (χ2n) is 9.47. The molecule has 0 unspecified atom stereocenters. The lowest BCUT2D eigenvalue weighted by atomic mass is 9.98. The van der Waals surface area contributed by atoms with E-state index < -0.39 is 41.8 Å². The Kier molecular flexibility index (Phi) is 12.2. The predicted molar refractivity (Wildman–Crippen MR) is 144 cm³/mol. The van der Waals surface area contributed by atoms with Crippen LogP contribution in [0.15, 0.2) is 72.8 Å². The van der Waals surface area contributed by atoms with E-state index >= 15 is 0 Å². The summed E-state index contributed by atoms with van der Waals surface area (Å²) in [7, 11) is 0. The van der Waals surface area contributed by atoms with E-state index in [0.717, 1.165) is 11.1 Å². The molecule has 1 aliphatic rings. The second-order valence-corrected chi connectivity index (χ2v) is 9.47. The van der Waals surface area contributed by atoms with Crippen molar-refractivity contribution in [3.05, 3.63) is 83.9 Å². The molecule has 3 rings (SSSR count).